The van der Waals surface area contributed by atoms with Crippen LogP contribution in [0, 0.1) is 18.7 Å². The molecule has 0 spiro atoms. The molecule has 2 aromatic carbocycles. The number of anilines is 1. The van der Waals surface area contributed by atoms with Gasteiger partial charge in [-0.2, -0.15) is 0 Å². The number of nitrogens with zero attached hydrogens (tertiary/aromatic N) is 1. The number of benzene rings is 2. The summed E-state index contributed by atoms with van der Waals surface area (Å²) in [6, 6.07) is 10.1. The molecule has 1 saturated carbocycles. The van der Waals surface area contributed by atoms with Crippen LogP contribution in [0.4, 0.5) is 10.1 Å². The van der Waals surface area contributed by atoms with Crippen LogP contribution < -0.4 is 4.90 Å². The monoisotopic (exact) mass is 401 g/mol. The first-order valence-corrected chi connectivity index (χ1v) is 11.5. The number of hydrogen-bond acceptors (Lipinski definition) is 3. The van der Waals surface area contributed by atoms with Crippen molar-refractivity contribution in [1.29, 1.82) is 0 Å². The molecule has 0 atom stereocenters. The lowest BCUT2D eigenvalue weighted by atomic mass is 9.99. The zero-order valence-electron chi connectivity index (χ0n) is 15.9. The zero-order chi connectivity index (χ0) is 19.9. The molecule has 2 aromatic rings. The molecule has 1 amide bonds. The van der Waals surface area contributed by atoms with Gasteiger partial charge in [0.1, 0.15) is 5.82 Å². The topological polar surface area (TPSA) is 54.5 Å². The first-order chi connectivity index (χ1) is 13.3. The molecule has 1 fully saturated rings. The molecule has 1 aliphatic carbocycles. The predicted octanol–water partition coefficient (Wildman–Crippen LogP) is 3.94. The zero-order valence-corrected chi connectivity index (χ0v) is 16.8. The van der Waals surface area contributed by atoms with E-state index in [2.05, 4.69) is 0 Å². The van der Waals surface area contributed by atoms with Gasteiger partial charge in [0.2, 0.25) is 5.91 Å². The smallest absolute Gasteiger partial charge is 0.227 e. The Kier molecular flexibility index (Phi) is 5.00. The fourth-order valence-electron chi connectivity index (χ4n) is 3.75. The molecular weight excluding hydrogens is 377 g/mol. The lowest BCUT2D eigenvalue weighted by Crippen LogP contribution is -2.36. The minimum Gasteiger partial charge on any atom is -0.312 e. The summed E-state index contributed by atoms with van der Waals surface area (Å²) in [5, 5.41) is 0. The highest BCUT2D eigenvalue weighted by molar-refractivity contribution is 7.89. The van der Waals surface area contributed by atoms with Crippen molar-refractivity contribution in [1.82, 2.24) is 0 Å². The Balaban J connectivity index is 1.51. The van der Waals surface area contributed by atoms with Gasteiger partial charge in [0.15, 0.2) is 9.84 Å². The van der Waals surface area contributed by atoms with Crippen LogP contribution in [-0.2, 0) is 32.6 Å². The average Bonchev–Trinajstić information content (AvgIpc) is 3.44. The summed E-state index contributed by atoms with van der Waals surface area (Å²) in [7, 11) is -3.42. The van der Waals surface area contributed by atoms with Crippen molar-refractivity contribution in [2.24, 2.45) is 5.92 Å². The van der Waals surface area contributed by atoms with Crippen LogP contribution in [0.25, 0.3) is 0 Å². The van der Waals surface area contributed by atoms with E-state index in [1.165, 1.54) is 18.9 Å². The van der Waals surface area contributed by atoms with E-state index in [1.54, 1.807) is 25.1 Å². The second-order valence-electron chi connectivity index (χ2n) is 8.03. The van der Waals surface area contributed by atoms with Gasteiger partial charge in [0.05, 0.1) is 11.5 Å². The van der Waals surface area contributed by atoms with E-state index in [4.69, 9.17) is 0 Å². The first-order valence-electron chi connectivity index (χ1n) is 9.68. The molecule has 2 aliphatic rings. The molecular formula is C22H24FNO3S. The van der Waals surface area contributed by atoms with Crippen LogP contribution in [0.2, 0.25) is 0 Å². The average molecular weight is 402 g/mol. The molecule has 28 heavy (non-hydrogen) atoms. The summed E-state index contributed by atoms with van der Waals surface area (Å²) >= 11 is 0. The molecule has 0 saturated heterocycles. The number of hydrogen-bond donors (Lipinski definition) is 0. The molecule has 1 heterocycles. The second kappa shape index (κ2) is 7.32. The number of carbonyl (C=O) groups is 1. The molecule has 0 bridgehead atoms. The number of carbonyl (C=O) groups excluding carboxylic acids is 1. The minimum atomic E-state index is -3.42. The van der Waals surface area contributed by atoms with Crippen LogP contribution in [0.1, 0.15) is 41.5 Å². The number of halogens is 1. The number of amides is 1. The Hall–Kier alpha value is -2.21. The van der Waals surface area contributed by atoms with Gasteiger partial charge in [-0.05, 0) is 66.5 Å². The van der Waals surface area contributed by atoms with Crippen LogP contribution in [0.15, 0.2) is 36.4 Å². The third-order valence-electron chi connectivity index (χ3n) is 5.49. The fraction of sp³-hybridized carbons (Fsp3) is 0.409. The third-order valence-corrected chi connectivity index (χ3v) is 7.04. The van der Waals surface area contributed by atoms with Gasteiger partial charge in [0, 0.05) is 18.7 Å². The second-order valence-corrected chi connectivity index (χ2v) is 10.1. The van der Waals surface area contributed by atoms with Gasteiger partial charge >= 0.3 is 0 Å². The normalized spacial score (nSPS) is 16.9. The molecule has 4 rings (SSSR count). The summed E-state index contributed by atoms with van der Waals surface area (Å²) in [6.45, 7) is 2.42. The van der Waals surface area contributed by atoms with E-state index in [1.807, 2.05) is 17.0 Å². The van der Waals surface area contributed by atoms with Gasteiger partial charge in [0.25, 0.3) is 0 Å². The van der Waals surface area contributed by atoms with E-state index in [0.717, 1.165) is 17.8 Å². The Morgan fingerprint density at radius 2 is 1.71 bits per heavy atom. The van der Waals surface area contributed by atoms with E-state index in [9.17, 15) is 17.6 Å². The summed E-state index contributed by atoms with van der Waals surface area (Å²) in [5.74, 6) is 0.0906. The van der Waals surface area contributed by atoms with Crippen LogP contribution >= 0.6 is 0 Å². The maximum absolute atomic E-state index is 13.7. The Labute approximate surface area is 165 Å². The van der Waals surface area contributed by atoms with Gasteiger partial charge in [-0.3, -0.25) is 4.79 Å². The number of fused-ring (bicyclic) bond motifs is 1. The number of sulfone groups is 1. The van der Waals surface area contributed by atoms with E-state index in [0.29, 0.717) is 35.4 Å². The Morgan fingerprint density at radius 1 is 1.04 bits per heavy atom. The summed E-state index contributed by atoms with van der Waals surface area (Å²) < 4.78 is 38.9. The largest absolute Gasteiger partial charge is 0.312 e. The summed E-state index contributed by atoms with van der Waals surface area (Å²) in [4.78, 5) is 14.2. The van der Waals surface area contributed by atoms with Crippen molar-refractivity contribution in [3.8, 4) is 0 Å². The van der Waals surface area contributed by atoms with E-state index < -0.39 is 9.84 Å². The van der Waals surface area contributed by atoms with Gasteiger partial charge in [-0.15, -0.1) is 0 Å². The highest BCUT2D eigenvalue weighted by Crippen LogP contribution is 2.35. The Bertz CT molecular complexity index is 1030. The standard InChI is InChI=1S/C22H24FNO3S/c1-15-2-3-18(11-20(15)23)14-28(26,27)13-17-6-8-21-19(10-17)7-9-22(25)24(21)12-16-4-5-16/h2-3,6,8,10-11,16H,4-5,7,9,12-14H2,1H3. The van der Waals surface area contributed by atoms with Gasteiger partial charge < -0.3 is 4.90 Å². The third kappa shape index (κ3) is 4.27. The first kappa shape index (κ1) is 19.1. The number of rotatable bonds is 6. The lowest BCUT2D eigenvalue weighted by Gasteiger charge is -2.30. The van der Waals surface area contributed by atoms with Gasteiger partial charge in [-0.1, -0.05) is 24.3 Å². The highest BCUT2D eigenvalue weighted by atomic mass is 32.2. The van der Waals surface area contributed by atoms with Gasteiger partial charge in [-0.25, -0.2) is 12.8 Å². The lowest BCUT2D eigenvalue weighted by molar-refractivity contribution is -0.118. The molecule has 0 aromatic heterocycles. The van der Waals surface area contributed by atoms with E-state index >= 15 is 0 Å². The van der Waals surface area contributed by atoms with Crippen LogP contribution in [-0.4, -0.2) is 20.9 Å². The minimum absolute atomic E-state index is 0.0909. The summed E-state index contributed by atoms with van der Waals surface area (Å²) in [5.41, 5.74) is 3.63. The van der Waals surface area contributed by atoms with Crippen molar-refractivity contribution in [2.75, 3.05) is 11.4 Å². The fourth-order valence-corrected chi connectivity index (χ4v) is 5.22. The Morgan fingerprint density at radius 3 is 2.39 bits per heavy atom. The molecule has 4 nitrogen and oxygen atoms in total. The van der Waals surface area contributed by atoms with Crippen molar-refractivity contribution in [2.45, 2.75) is 44.1 Å². The van der Waals surface area contributed by atoms with Crippen LogP contribution in [0.5, 0.6) is 0 Å². The quantitative estimate of drug-likeness (QED) is 0.737. The maximum atomic E-state index is 13.7. The van der Waals surface area contributed by atoms with Crippen molar-refractivity contribution in [3.05, 3.63) is 64.5 Å². The number of aryl methyl sites for hydroxylation is 2. The van der Waals surface area contributed by atoms with Crippen molar-refractivity contribution >= 4 is 21.4 Å². The summed E-state index contributed by atoms with van der Waals surface area (Å²) in [6.07, 6.45) is 3.47. The molecule has 148 valence electrons. The van der Waals surface area contributed by atoms with Crippen molar-refractivity contribution < 1.29 is 17.6 Å². The molecule has 0 radical (unpaired) electrons. The van der Waals surface area contributed by atoms with Crippen molar-refractivity contribution in [3.63, 3.8) is 0 Å². The highest BCUT2D eigenvalue weighted by Gasteiger charge is 2.31. The predicted molar refractivity (Wildman–Crippen MR) is 107 cm³/mol. The molecule has 1 aliphatic heterocycles. The molecule has 6 heteroatoms. The van der Waals surface area contributed by atoms with Crippen LogP contribution in [0.3, 0.4) is 0 Å². The van der Waals surface area contributed by atoms with E-state index in [-0.39, 0.29) is 23.2 Å². The SMILES string of the molecule is Cc1ccc(CS(=O)(=O)Cc2ccc3c(c2)CCC(=O)N3CC2CC2)cc1F. The maximum Gasteiger partial charge on any atom is 0.227 e. The molecule has 0 unspecified atom stereocenters. The molecule has 0 N–H and O–H groups in total.